The van der Waals surface area contributed by atoms with E-state index in [2.05, 4.69) is 10.3 Å². The second-order valence-electron chi connectivity index (χ2n) is 7.15. The number of para-hydroxylation sites is 3. The minimum absolute atomic E-state index is 0.0852. The summed E-state index contributed by atoms with van der Waals surface area (Å²) in [6, 6.07) is 17.1. The number of aromatic amines is 1. The van der Waals surface area contributed by atoms with Gasteiger partial charge in [-0.15, -0.1) is 0 Å². The van der Waals surface area contributed by atoms with Gasteiger partial charge in [0.25, 0.3) is 0 Å². The van der Waals surface area contributed by atoms with Crippen molar-refractivity contribution in [2.75, 3.05) is 19.7 Å². The summed E-state index contributed by atoms with van der Waals surface area (Å²) in [4.78, 5) is 15.6. The molecule has 3 N–H and O–H groups in total. The van der Waals surface area contributed by atoms with Crippen LogP contribution in [0.15, 0.2) is 59.4 Å². The van der Waals surface area contributed by atoms with Gasteiger partial charge in [-0.05, 0) is 56.1 Å². The molecule has 0 aliphatic carbocycles. The van der Waals surface area contributed by atoms with Crippen molar-refractivity contribution in [2.45, 2.75) is 25.0 Å². The Morgan fingerprint density at radius 1 is 1.15 bits per heavy atom. The standard InChI is InChI=1S/C21H25N3O3/c25-16(14-27-17-6-2-1-3-7-17)12-20(15-10-11-22-13-15)24-19-9-5-4-8-18(19)23-21(24)26/h1-9,15-16,20,22,25H,10-14H2,(H,23,26). The van der Waals surface area contributed by atoms with Crippen molar-refractivity contribution in [2.24, 2.45) is 5.92 Å². The summed E-state index contributed by atoms with van der Waals surface area (Å²) in [7, 11) is 0. The highest BCUT2D eigenvalue weighted by atomic mass is 16.5. The van der Waals surface area contributed by atoms with Gasteiger partial charge in [-0.3, -0.25) is 4.57 Å². The molecule has 3 aromatic rings. The van der Waals surface area contributed by atoms with E-state index in [1.165, 1.54) is 0 Å². The lowest BCUT2D eigenvalue weighted by atomic mass is 9.93. The SMILES string of the molecule is O=c1[nH]c2ccccc2n1C(CC(O)COc1ccccc1)C1CCNC1. The number of rotatable bonds is 7. The molecule has 1 aliphatic rings. The van der Waals surface area contributed by atoms with Crippen LogP contribution in [-0.2, 0) is 0 Å². The van der Waals surface area contributed by atoms with E-state index in [1.54, 1.807) is 0 Å². The van der Waals surface area contributed by atoms with Crippen molar-refractivity contribution in [3.8, 4) is 5.75 Å². The van der Waals surface area contributed by atoms with Crippen LogP contribution in [0.1, 0.15) is 18.9 Å². The number of fused-ring (bicyclic) bond motifs is 1. The molecule has 1 saturated heterocycles. The van der Waals surface area contributed by atoms with Gasteiger partial charge in [-0.1, -0.05) is 30.3 Å². The van der Waals surface area contributed by atoms with Gasteiger partial charge in [-0.2, -0.15) is 0 Å². The predicted molar refractivity (Wildman–Crippen MR) is 105 cm³/mol. The number of ether oxygens (including phenoxy) is 1. The zero-order valence-corrected chi connectivity index (χ0v) is 15.2. The van der Waals surface area contributed by atoms with Gasteiger partial charge < -0.3 is 20.1 Å². The smallest absolute Gasteiger partial charge is 0.326 e. The van der Waals surface area contributed by atoms with E-state index >= 15 is 0 Å². The zero-order chi connectivity index (χ0) is 18.6. The topological polar surface area (TPSA) is 79.3 Å². The first-order valence-electron chi connectivity index (χ1n) is 9.48. The molecule has 0 radical (unpaired) electrons. The van der Waals surface area contributed by atoms with E-state index in [1.807, 2.05) is 59.2 Å². The number of benzene rings is 2. The summed E-state index contributed by atoms with van der Waals surface area (Å²) in [5.41, 5.74) is 1.59. The van der Waals surface area contributed by atoms with Crippen LogP contribution in [0.5, 0.6) is 5.75 Å². The minimum atomic E-state index is -0.656. The number of aliphatic hydroxyl groups excluding tert-OH is 1. The van der Waals surface area contributed by atoms with Crippen molar-refractivity contribution in [1.29, 1.82) is 0 Å². The van der Waals surface area contributed by atoms with Gasteiger partial charge in [-0.25, -0.2) is 4.79 Å². The summed E-state index contributed by atoms with van der Waals surface area (Å²) in [5.74, 6) is 1.04. The van der Waals surface area contributed by atoms with Crippen LogP contribution in [0.4, 0.5) is 0 Å². The Morgan fingerprint density at radius 3 is 2.70 bits per heavy atom. The van der Waals surface area contributed by atoms with E-state index in [0.29, 0.717) is 12.3 Å². The van der Waals surface area contributed by atoms with Crippen molar-refractivity contribution in [3.63, 3.8) is 0 Å². The third kappa shape index (κ3) is 3.91. The predicted octanol–water partition coefficient (Wildman–Crippen LogP) is 2.31. The van der Waals surface area contributed by atoms with Crippen LogP contribution in [0.25, 0.3) is 11.0 Å². The molecule has 2 aromatic carbocycles. The Balaban J connectivity index is 1.56. The molecule has 3 atom stereocenters. The van der Waals surface area contributed by atoms with E-state index in [0.717, 1.165) is 36.3 Å². The normalized spacial score (nSPS) is 19.2. The van der Waals surface area contributed by atoms with Crippen molar-refractivity contribution in [3.05, 3.63) is 65.1 Å². The van der Waals surface area contributed by atoms with E-state index in [4.69, 9.17) is 4.74 Å². The number of hydrogen-bond donors (Lipinski definition) is 3. The fourth-order valence-corrected chi connectivity index (χ4v) is 3.97. The van der Waals surface area contributed by atoms with E-state index < -0.39 is 6.10 Å². The third-order valence-electron chi connectivity index (χ3n) is 5.30. The van der Waals surface area contributed by atoms with Gasteiger partial charge in [0.1, 0.15) is 12.4 Å². The maximum absolute atomic E-state index is 12.7. The van der Waals surface area contributed by atoms with Crippen LogP contribution in [-0.4, -0.2) is 40.5 Å². The maximum atomic E-state index is 12.7. The molecule has 1 fully saturated rings. The molecule has 0 spiro atoms. The quantitative estimate of drug-likeness (QED) is 0.599. The molecular formula is C21H25N3O3. The molecule has 2 heterocycles. The highest BCUT2D eigenvalue weighted by molar-refractivity contribution is 5.75. The second kappa shape index (κ2) is 7.98. The Morgan fingerprint density at radius 2 is 1.93 bits per heavy atom. The summed E-state index contributed by atoms with van der Waals surface area (Å²) >= 11 is 0. The number of hydrogen-bond acceptors (Lipinski definition) is 4. The summed E-state index contributed by atoms with van der Waals surface area (Å²) in [5, 5.41) is 14.0. The number of nitrogens with zero attached hydrogens (tertiary/aromatic N) is 1. The summed E-state index contributed by atoms with van der Waals surface area (Å²) in [6.07, 6.45) is 0.806. The van der Waals surface area contributed by atoms with Crippen LogP contribution in [0.2, 0.25) is 0 Å². The molecule has 0 amide bonds. The monoisotopic (exact) mass is 367 g/mol. The lowest BCUT2D eigenvalue weighted by Gasteiger charge is -2.27. The molecule has 0 bridgehead atoms. The lowest BCUT2D eigenvalue weighted by Crippen LogP contribution is -2.33. The highest BCUT2D eigenvalue weighted by Crippen LogP contribution is 2.30. The van der Waals surface area contributed by atoms with Gasteiger partial charge in [0, 0.05) is 6.04 Å². The molecule has 142 valence electrons. The fraction of sp³-hybridized carbons (Fsp3) is 0.381. The van der Waals surface area contributed by atoms with Crippen LogP contribution >= 0.6 is 0 Å². The second-order valence-corrected chi connectivity index (χ2v) is 7.15. The fourth-order valence-electron chi connectivity index (χ4n) is 3.97. The van der Waals surface area contributed by atoms with Crippen LogP contribution in [0, 0.1) is 5.92 Å². The molecule has 1 aliphatic heterocycles. The first kappa shape index (κ1) is 17.8. The van der Waals surface area contributed by atoms with Gasteiger partial charge in [0.2, 0.25) is 0 Å². The Kier molecular flexibility index (Phi) is 5.27. The van der Waals surface area contributed by atoms with Crippen molar-refractivity contribution >= 4 is 11.0 Å². The largest absolute Gasteiger partial charge is 0.491 e. The zero-order valence-electron chi connectivity index (χ0n) is 15.2. The van der Waals surface area contributed by atoms with Crippen LogP contribution < -0.4 is 15.7 Å². The van der Waals surface area contributed by atoms with E-state index in [-0.39, 0.29) is 18.3 Å². The molecule has 0 saturated carbocycles. The summed E-state index contributed by atoms with van der Waals surface area (Å²) in [6.45, 7) is 2.00. The van der Waals surface area contributed by atoms with Crippen molar-refractivity contribution in [1.82, 2.24) is 14.9 Å². The first-order valence-corrected chi connectivity index (χ1v) is 9.48. The molecule has 4 rings (SSSR count). The average molecular weight is 367 g/mol. The highest BCUT2D eigenvalue weighted by Gasteiger charge is 2.30. The van der Waals surface area contributed by atoms with Crippen molar-refractivity contribution < 1.29 is 9.84 Å². The Bertz CT molecular complexity index is 928. The van der Waals surface area contributed by atoms with Gasteiger partial charge >= 0.3 is 5.69 Å². The van der Waals surface area contributed by atoms with E-state index in [9.17, 15) is 9.90 Å². The molecule has 3 unspecified atom stereocenters. The number of imidazole rings is 1. The lowest BCUT2D eigenvalue weighted by molar-refractivity contribution is 0.0777. The maximum Gasteiger partial charge on any atom is 0.326 e. The van der Waals surface area contributed by atoms with Gasteiger partial charge in [0.05, 0.1) is 17.1 Å². The molecule has 6 heteroatoms. The third-order valence-corrected chi connectivity index (χ3v) is 5.30. The molecule has 27 heavy (non-hydrogen) atoms. The minimum Gasteiger partial charge on any atom is -0.491 e. The van der Waals surface area contributed by atoms with Gasteiger partial charge in [0.15, 0.2) is 0 Å². The molecule has 1 aromatic heterocycles. The Labute approximate surface area is 157 Å². The molecule has 6 nitrogen and oxygen atoms in total. The number of aliphatic hydroxyl groups is 1. The number of nitrogens with one attached hydrogen (secondary N) is 2. The first-order chi connectivity index (χ1) is 13.2. The number of aromatic nitrogens is 2. The Hall–Kier alpha value is -2.57. The average Bonchev–Trinajstić information content (AvgIpc) is 3.33. The number of H-pyrrole nitrogens is 1. The summed E-state index contributed by atoms with van der Waals surface area (Å²) < 4.78 is 7.52. The molecular weight excluding hydrogens is 342 g/mol. The van der Waals surface area contributed by atoms with Crippen LogP contribution in [0.3, 0.4) is 0 Å².